The molecule has 2 heteroatoms. The Morgan fingerprint density at radius 1 is 1.11 bits per heavy atom. The van der Waals surface area contributed by atoms with E-state index in [4.69, 9.17) is 0 Å². The Kier molecular flexibility index (Phi) is 5.08. The number of hydrogen-bond donors (Lipinski definition) is 1. The third-order valence-electron chi connectivity index (χ3n) is 5.25. The third kappa shape index (κ3) is 3.48. The van der Waals surface area contributed by atoms with E-state index in [1.165, 1.54) is 64.7 Å². The zero-order chi connectivity index (χ0) is 13.0. The fraction of sp³-hybridized carbons (Fsp3) is 1.00. The summed E-state index contributed by atoms with van der Waals surface area (Å²) in [5.74, 6) is 0.934. The van der Waals surface area contributed by atoms with Gasteiger partial charge in [-0.25, -0.2) is 0 Å². The van der Waals surface area contributed by atoms with Gasteiger partial charge in [-0.05, 0) is 56.7 Å². The van der Waals surface area contributed by atoms with Crippen LogP contribution in [-0.4, -0.2) is 37.1 Å². The van der Waals surface area contributed by atoms with E-state index in [0.29, 0.717) is 5.41 Å². The van der Waals surface area contributed by atoms with Crippen LogP contribution in [0.25, 0.3) is 0 Å². The van der Waals surface area contributed by atoms with Gasteiger partial charge in [0.1, 0.15) is 0 Å². The molecule has 0 bridgehead atoms. The van der Waals surface area contributed by atoms with Crippen LogP contribution in [-0.2, 0) is 0 Å². The minimum atomic E-state index is 0.529. The molecule has 0 spiro atoms. The fourth-order valence-corrected chi connectivity index (χ4v) is 4.03. The first-order valence-corrected chi connectivity index (χ1v) is 8.08. The molecule has 1 saturated heterocycles. The lowest BCUT2D eigenvalue weighted by Gasteiger charge is -2.46. The molecule has 1 aliphatic carbocycles. The molecule has 1 aliphatic heterocycles. The summed E-state index contributed by atoms with van der Waals surface area (Å²) in [7, 11) is 0. The van der Waals surface area contributed by atoms with Crippen LogP contribution in [0, 0.1) is 11.3 Å². The van der Waals surface area contributed by atoms with E-state index in [2.05, 4.69) is 31.0 Å². The summed E-state index contributed by atoms with van der Waals surface area (Å²) < 4.78 is 0. The molecule has 106 valence electrons. The highest BCUT2D eigenvalue weighted by Gasteiger charge is 2.36. The lowest BCUT2D eigenvalue weighted by Crippen LogP contribution is -2.49. The van der Waals surface area contributed by atoms with Gasteiger partial charge >= 0.3 is 0 Å². The van der Waals surface area contributed by atoms with Crippen LogP contribution in [0.3, 0.4) is 0 Å². The highest BCUT2D eigenvalue weighted by molar-refractivity contribution is 4.90. The molecule has 2 fully saturated rings. The summed E-state index contributed by atoms with van der Waals surface area (Å²) in [4.78, 5) is 2.80. The molecule has 0 amide bonds. The summed E-state index contributed by atoms with van der Waals surface area (Å²) in [6, 6.07) is 0.825. The second kappa shape index (κ2) is 6.38. The van der Waals surface area contributed by atoms with Gasteiger partial charge in [0.2, 0.25) is 0 Å². The molecule has 2 nitrogen and oxygen atoms in total. The largest absolute Gasteiger partial charge is 0.317 e. The summed E-state index contributed by atoms with van der Waals surface area (Å²) in [6.07, 6.45) is 8.48. The standard InChI is InChI=1S/C16H32N2/c1-4-18(13-14-8-11-17-12-9-14)15-7-5-6-10-16(15,2)3/h14-15,17H,4-13H2,1-3H3. The Morgan fingerprint density at radius 2 is 1.83 bits per heavy atom. The van der Waals surface area contributed by atoms with Gasteiger partial charge in [0.25, 0.3) is 0 Å². The summed E-state index contributed by atoms with van der Waals surface area (Å²) in [6.45, 7) is 12.4. The molecular weight excluding hydrogens is 220 g/mol. The van der Waals surface area contributed by atoms with Crippen molar-refractivity contribution in [1.82, 2.24) is 10.2 Å². The van der Waals surface area contributed by atoms with Crippen LogP contribution in [0.15, 0.2) is 0 Å². The maximum atomic E-state index is 3.48. The molecule has 2 rings (SSSR count). The molecule has 0 aromatic heterocycles. The molecule has 1 unspecified atom stereocenters. The van der Waals surface area contributed by atoms with Crippen LogP contribution in [0.5, 0.6) is 0 Å². The van der Waals surface area contributed by atoms with E-state index in [-0.39, 0.29) is 0 Å². The molecule has 0 aromatic rings. The van der Waals surface area contributed by atoms with Crippen molar-refractivity contribution in [2.24, 2.45) is 11.3 Å². The van der Waals surface area contributed by atoms with Crippen molar-refractivity contribution in [1.29, 1.82) is 0 Å². The van der Waals surface area contributed by atoms with E-state index < -0.39 is 0 Å². The maximum Gasteiger partial charge on any atom is 0.0146 e. The van der Waals surface area contributed by atoms with Crippen molar-refractivity contribution >= 4 is 0 Å². The molecule has 1 atom stereocenters. The van der Waals surface area contributed by atoms with Gasteiger partial charge in [-0.15, -0.1) is 0 Å². The fourth-order valence-electron chi connectivity index (χ4n) is 4.03. The monoisotopic (exact) mass is 252 g/mol. The van der Waals surface area contributed by atoms with E-state index in [9.17, 15) is 0 Å². The molecular formula is C16H32N2. The molecule has 18 heavy (non-hydrogen) atoms. The van der Waals surface area contributed by atoms with Crippen molar-refractivity contribution in [2.45, 2.75) is 65.3 Å². The predicted molar refractivity (Wildman–Crippen MR) is 78.9 cm³/mol. The number of rotatable bonds is 4. The quantitative estimate of drug-likeness (QED) is 0.826. The summed E-state index contributed by atoms with van der Waals surface area (Å²) in [5, 5.41) is 3.48. The Morgan fingerprint density at radius 3 is 2.44 bits per heavy atom. The van der Waals surface area contributed by atoms with Crippen LogP contribution in [0.1, 0.15) is 59.3 Å². The van der Waals surface area contributed by atoms with Gasteiger partial charge in [0, 0.05) is 12.6 Å². The smallest absolute Gasteiger partial charge is 0.0146 e. The van der Waals surface area contributed by atoms with Gasteiger partial charge in [0.05, 0.1) is 0 Å². The first kappa shape index (κ1) is 14.3. The number of nitrogens with one attached hydrogen (secondary N) is 1. The van der Waals surface area contributed by atoms with E-state index in [0.717, 1.165) is 12.0 Å². The second-order valence-corrected chi connectivity index (χ2v) is 7.03. The number of nitrogens with zero attached hydrogens (tertiary/aromatic N) is 1. The van der Waals surface area contributed by atoms with Gasteiger partial charge in [-0.3, -0.25) is 4.90 Å². The van der Waals surface area contributed by atoms with Crippen LogP contribution < -0.4 is 5.32 Å². The first-order valence-electron chi connectivity index (χ1n) is 8.08. The molecule has 2 aliphatic rings. The zero-order valence-electron chi connectivity index (χ0n) is 12.7. The Bertz CT molecular complexity index is 243. The average molecular weight is 252 g/mol. The third-order valence-corrected chi connectivity index (χ3v) is 5.25. The predicted octanol–water partition coefficient (Wildman–Crippen LogP) is 3.28. The van der Waals surface area contributed by atoms with Gasteiger partial charge in [-0.1, -0.05) is 33.6 Å². The van der Waals surface area contributed by atoms with Crippen molar-refractivity contribution < 1.29 is 0 Å². The first-order chi connectivity index (χ1) is 8.63. The second-order valence-electron chi connectivity index (χ2n) is 7.03. The van der Waals surface area contributed by atoms with E-state index in [1.54, 1.807) is 0 Å². The lowest BCUT2D eigenvalue weighted by molar-refractivity contribution is 0.0380. The number of hydrogen-bond acceptors (Lipinski definition) is 2. The van der Waals surface area contributed by atoms with Gasteiger partial charge in [0.15, 0.2) is 0 Å². The minimum absolute atomic E-state index is 0.529. The van der Waals surface area contributed by atoms with Crippen LogP contribution in [0.4, 0.5) is 0 Å². The summed E-state index contributed by atoms with van der Waals surface area (Å²) >= 11 is 0. The topological polar surface area (TPSA) is 15.3 Å². The van der Waals surface area contributed by atoms with E-state index in [1.807, 2.05) is 0 Å². The Balaban J connectivity index is 1.93. The maximum absolute atomic E-state index is 3.48. The molecule has 0 radical (unpaired) electrons. The lowest BCUT2D eigenvalue weighted by atomic mass is 9.72. The molecule has 1 saturated carbocycles. The molecule has 0 aromatic carbocycles. The van der Waals surface area contributed by atoms with Gasteiger partial charge in [-0.2, -0.15) is 0 Å². The van der Waals surface area contributed by atoms with Crippen LogP contribution >= 0.6 is 0 Å². The highest BCUT2D eigenvalue weighted by atomic mass is 15.2. The normalized spacial score (nSPS) is 29.7. The SMILES string of the molecule is CCN(CC1CCNCC1)C1CCCCC1(C)C. The molecule has 1 N–H and O–H groups in total. The van der Waals surface area contributed by atoms with Gasteiger partial charge < -0.3 is 5.32 Å². The van der Waals surface area contributed by atoms with E-state index >= 15 is 0 Å². The summed E-state index contributed by atoms with van der Waals surface area (Å²) in [5.41, 5.74) is 0.529. The zero-order valence-corrected chi connectivity index (χ0v) is 12.7. The Hall–Kier alpha value is -0.0800. The highest BCUT2D eigenvalue weighted by Crippen LogP contribution is 2.39. The van der Waals surface area contributed by atoms with Crippen molar-refractivity contribution in [3.63, 3.8) is 0 Å². The minimum Gasteiger partial charge on any atom is -0.317 e. The average Bonchev–Trinajstić information content (AvgIpc) is 2.37. The number of piperidine rings is 1. The van der Waals surface area contributed by atoms with Crippen LogP contribution in [0.2, 0.25) is 0 Å². The Labute approximate surface area is 114 Å². The van der Waals surface area contributed by atoms with Crippen molar-refractivity contribution in [2.75, 3.05) is 26.2 Å². The molecule has 1 heterocycles. The van der Waals surface area contributed by atoms with Crippen molar-refractivity contribution in [3.8, 4) is 0 Å². The van der Waals surface area contributed by atoms with Crippen molar-refractivity contribution in [3.05, 3.63) is 0 Å².